The molecule has 0 saturated carbocycles. The largest absolute Gasteiger partial charge is 0.463 e. The van der Waals surface area contributed by atoms with E-state index in [4.69, 9.17) is 8.83 Å². The number of rotatable bonds is 4. The fourth-order valence-electron chi connectivity index (χ4n) is 2.00. The highest BCUT2D eigenvalue weighted by Gasteiger charge is 2.36. The fourth-order valence-corrected chi connectivity index (χ4v) is 3.14. The van der Waals surface area contributed by atoms with Crippen molar-refractivity contribution in [1.29, 1.82) is 0 Å². The number of carbonyl (C=O) groups is 3. The molecule has 0 aromatic carbocycles. The number of furan rings is 2. The number of hydrogen-bond acceptors (Lipinski definition) is 7. The predicted molar refractivity (Wildman–Crippen MR) is 88.0 cm³/mol. The van der Waals surface area contributed by atoms with E-state index in [1.54, 1.807) is 12.1 Å². The molecular weight excluding hydrogens is 402 g/mol. The lowest BCUT2D eigenvalue weighted by molar-refractivity contribution is -0.123. The Bertz CT molecular complexity index is 852. The van der Waals surface area contributed by atoms with Gasteiger partial charge in [-0.05, 0) is 52.0 Å². The molecule has 1 saturated heterocycles. The number of carbonyl (C=O) groups excluding carboxylic acids is 3. The third-order valence-electron chi connectivity index (χ3n) is 3.10. The molecule has 3 heterocycles. The zero-order valence-electron chi connectivity index (χ0n) is 12.3. The molecule has 0 unspecified atom stereocenters. The van der Waals surface area contributed by atoms with Crippen molar-refractivity contribution in [2.45, 2.75) is 6.54 Å². The monoisotopic (exact) mass is 411 g/mol. The van der Waals surface area contributed by atoms with Crippen LogP contribution in [-0.4, -0.2) is 29.1 Å². The van der Waals surface area contributed by atoms with Gasteiger partial charge in [0.15, 0.2) is 4.67 Å². The molecule has 0 N–H and O–H groups in total. The van der Waals surface area contributed by atoms with Crippen LogP contribution in [0.4, 0.5) is 4.79 Å². The second-order valence-electron chi connectivity index (χ2n) is 4.67. The normalized spacial score (nSPS) is 16.2. The van der Waals surface area contributed by atoms with Gasteiger partial charge in [0.25, 0.3) is 11.1 Å². The zero-order valence-corrected chi connectivity index (χ0v) is 14.7. The van der Waals surface area contributed by atoms with Crippen LogP contribution in [0.15, 0.2) is 42.7 Å². The Hall–Kier alpha value is -2.26. The van der Waals surface area contributed by atoms with Crippen LogP contribution in [0.2, 0.25) is 0 Å². The average Bonchev–Trinajstić information content (AvgIpc) is 3.24. The molecular formula is C15H10BrNO6S. The van der Waals surface area contributed by atoms with Crippen molar-refractivity contribution >= 4 is 50.9 Å². The van der Waals surface area contributed by atoms with Gasteiger partial charge in [-0.1, -0.05) is 0 Å². The SMILES string of the molecule is COC(=O)c1ccc(CN2C(=O)SC(=Cc3ccc(Br)o3)C2=O)o1. The van der Waals surface area contributed by atoms with Crippen molar-refractivity contribution in [3.8, 4) is 0 Å². The number of esters is 1. The van der Waals surface area contributed by atoms with E-state index in [0.29, 0.717) is 16.2 Å². The maximum Gasteiger partial charge on any atom is 0.373 e. The summed E-state index contributed by atoms with van der Waals surface area (Å²) >= 11 is 3.98. The van der Waals surface area contributed by atoms with E-state index in [9.17, 15) is 14.4 Å². The Morgan fingerprint density at radius 3 is 2.75 bits per heavy atom. The molecule has 3 rings (SSSR count). The van der Waals surface area contributed by atoms with Gasteiger partial charge in [-0.2, -0.15) is 0 Å². The zero-order chi connectivity index (χ0) is 17.3. The maximum absolute atomic E-state index is 12.4. The first kappa shape index (κ1) is 16.6. The number of ether oxygens (including phenoxy) is 1. The standard InChI is InChI=1S/C15H10BrNO6S/c1-21-14(19)10-4-2-9(22-10)7-17-13(18)11(24-15(17)20)6-8-3-5-12(16)23-8/h2-6H,7H2,1H3. The molecule has 2 aromatic rings. The summed E-state index contributed by atoms with van der Waals surface area (Å²) in [5, 5.41) is -0.423. The molecule has 124 valence electrons. The minimum Gasteiger partial charge on any atom is -0.463 e. The van der Waals surface area contributed by atoms with E-state index < -0.39 is 17.1 Å². The number of amides is 2. The van der Waals surface area contributed by atoms with Gasteiger partial charge in [0.2, 0.25) is 5.76 Å². The summed E-state index contributed by atoms with van der Waals surface area (Å²) in [6.07, 6.45) is 1.50. The van der Waals surface area contributed by atoms with Crippen LogP contribution in [0.5, 0.6) is 0 Å². The lowest BCUT2D eigenvalue weighted by Gasteiger charge is -2.09. The van der Waals surface area contributed by atoms with E-state index in [1.165, 1.54) is 25.3 Å². The van der Waals surface area contributed by atoms with E-state index in [1.807, 2.05) is 0 Å². The topological polar surface area (TPSA) is 90.0 Å². The van der Waals surface area contributed by atoms with Gasteiger partial charge in [0.05, 0.1) is 18.6 Å². The Labute approximate surface area is 148 Å². The maximum atomic E-state index is 12.4. The van der Waals surface area contributed by atoms with Crippen molar-refractivity contribution in [2.24, 2.45) is 0 Å². The first-order valence-corrected chi connectivity index (χ1v) is 8.26. The average molecular weight is 412 g/mol. The van der Waals surface area contributed by atoms with Crippen molar-refractivity contribution < 1.29 is 28.0 Å². The summed E-state index contributed by atoms with van der Waals surface area (Å²) in [4.78, 5) is 37.0. The summed E-state index contributed by atoms with van der Waals surface area (Å²) in [7, 11) is 1.23. The minimum atomic E-state index is -0.626. The van der Waals surface area contributed by atoms with Crippen LogP contribution >= 0.6 is 27.7 Å². The van der Waals surface area contributed by atoms with Crippen molar-refractivity contribution in [1.82, 2.24) is 4.90 Å². The summed E-state index contributed by atoms with van der Waals surface area (Å²) in [5.74, 6) is -0.305. The molecule has 24 heavy (non-hydrogen) atoms. The quantitative estimate of drug-likeness (QED) is 0.559. The number of halogens is 1. The van der Waals surface area contributed by atoms with Gasteiger partial charge in [0, 0.05) is 6.08 Å². The summed E-state index contributed by atoms with van der Waals surface area (Å²) in [6.45, 7) is -0.0686. The van der Waals surface area contributed by atoms with Crippen LogP contribution in [0, 0.1) is 0 Å². The molecule has 2 amide bonds. The van der Waals surface area contributed by atoms with E-state index >= 15 is 0 Å². The molecule has 0 radical (unpaired) electrons. The van der Waals surface area contributed by atoms with Gasteiger partial charge < -0.3 is 13.6 Å². The molecule has 0 bridgehead atoms. The number of hydrogen-bond donors (Lipinski definition) is 0. The van der Waals surface area contributed by atoms with Crippen LogP contribution in [0.1, 0.15) is 22.1 Å². The Balaban J connectivity index is 1.76. The summed E-state index contributed by atoms with van der Waals surface area (Å²) in [5.41, 5.74) is 0. The van der Waals surface area contributed by atoms with Crippen LogP contribution in [-0.2, 0) is 16.1 Å². The van der Waals surface area contributed by atoms with Crippen LogP contribution < -0.4 is 0 Å². The second-order valence-corrected chi connectivity index (χ2v) is 6.44. The van der Waals surface area contributed by atoms with Gasteiger partial charge in [-0.25, -0.2) is 4.79 Å². The number of imide groups is 1. The molecule has 0 aliphatic carbocycles. The fraction of sp³-hybridized carbons (Fsp3) is 0.133. The van der Waals surface area contributed by atoms with Crippen molar-refractivity contribution in [2.75, 3.05) is 7.11 Å². The molecule has 0 atom stereocenters. The second kappa shape index (κ2) is 6.70. The molecule has 2 aromatic heterocycles. The third kappa shape index (κ3) is 3.31. The van der Waals surface area contributed by atoms with Gasteiger partial charge >= 0.3 is 5.97 Å². The number of methoxy groups -OCH3 is 1. The van der Waals surface area contributed by atoms with E-state index in [-0.39, 0.29) is 17.2 Å². The minimum absolute atomic E-state index is 0.00968. The number of nitrogens with zero attached hydrogens (tertiary/aromatic N) is 1. The first-order valence-electron chi connectivity index (χ1n) is 6.65. The highest BCUT2D eigenvalue weighted by Crippen LogP contribution is 2.34. The molecule has 1 aliphatic rings. The van der Waals surface area contributed by atoms with Crippen LogP contribution in [0.3, 0.4) is 0 Å². The molecule has 9 heteroatoms. The third-order valence-corrected chi connectivity index (χ3v) is 4.44. The smallest absolute Gasteiger partial charge is 0.373 e. The van der Waals surface area contributed by atoms with Gasteiger partial charge in [-0.3, -0.25) is 14.5 Å². The van der Waals surface area contributed by atoms with Gasteiger partial charge in [0.1, 0.15) is 11.5 Å². The Morgan fingerprint density at radius 1 is 1.29 bits per heavy atom. The lowest BCUT2D eigenvalue weighted by Crippen LogP contribution is -2.27. The molecule has 1 aliphatic heterocycles. The van der Waals surface area contributed by atoms with E-state index in [2.05, 4.69) is 20.7 Å². The predicted octanol–water partition coefficient (Wildman–Crippen LogP) is 3.66. The lowest BCUT2D eigenvalue weighted by atomic mass is 10.3. The highest BCUT2D eigenvalue weighted by atomic mass is 79.9. The molecule has 7 nitrogen and oxygen atoms in total. The summed E-state index contributed by atoms with van der Waals surface area (Å²) in [6, 6.07) is 6.31. The van der Waals surface area contributed by atoms with Crippen LogP contribution in [0.25, 0.3) is 6.08 Å². The first-order chi connectivity index (χ1) is 11.5. The summed E-state index contributed by atoms with van der Waals surface area (Å²) < 4.78 is 15.6. The van der Waals surface area contributed by atoms with Gasteiger partial charge in [-0.15, -0.1) is 0 Å². The Kier molecular flexibility index (Phi) is 4.63. The Morgan fingerprint density at radius 2 is 2.08 bits per heavy atom. The molecule has 0 spiro atoms. The van der Waals surface area contributed by atoms with Crippen molar-refractivity contribution in [3.63, 3.8) is 0 Å². The highest BCUT2D eigenvalue weighted by molar-refractivity contribution is 9.10. The molecule has 1 fully saturated rings. The van der Waals surface area contributed by atoms with Crippen molar-refractivity contribution in [3.05, 3.63) is 51.1 Å². The number of thioether (sulfide) groups is 1. The van der Waals surface area contributed by atoms with E-state index in [0.717, 1.165) is 16.7 Å².